The summed E-state index contributed by atoms with van der Waals surface area (Å²) >= 11 is 4.21. The minimum Gasteiger partial charge on any atom is -0.456 e. The van der Waals surface area contributed by atoms with Gasteiger partial charge >= 0.3 is 0 Å². The summed E-state index contributed by atoms with van der Waals surface area (Å²) in [5.41, 5.74) is 1.49. The lowest BCUT2D eigenvalue weighted by Crippen LogP contribution is -2.22. The average Bonchev–Trinajstić information content (AvgIpc) is 3.33. The summed E-state index contributed by atoms with van der Waals surface area (Å²) in [6, 6.07) is 12.5. The number of benzene rings is 2. The Morgan fingerprint density at radius 1 is 1.16 bits per heavy atom. The summed E-state index contributed by atoms with van der Waals surface area (Å²) in [5.74, 6) is 1.22. The van der Waals surface area contributed by atoms with Crippen molar-refractivity contribution in [1.82, 2.24) is 14.8 Å². The van der Waals surface area contributed by atoms with Crippen LogP contribution < -0.4 is 10.1 Å². The van der Waals surface area contributed by atoms with Gasteiger partial charge in [0.25, 0.3) is 0 Å². The zero-order valence-electron chi connectivity index (χ0n) is 21.1. The first-order valence-electron chi connectivity index (χ1n) is 12.1. The van der Waals surface area contributed by atoms with E-state index in [0.717, 1.165) is 21.6 Å². The van der Waals surface area contributed by atoms with Gasteiger partial charge in [0.1, 0.15) is 17.3 Å². The molecule has 37 heavy (non-hydrogen) atoms. The van der Waals surface area contributed by atoms with E-state index < -0.39 is 5.82 Å². The van der Waals surface area contributed by atoms with Crippen LogP contribution in [0.5, 0.6) is 11.5 Å². The number of anilines is 1. The minimum absolute atomic E-state index is 0.0941. The summed E-state index contributed by atoms with van der Waals surface area (Å²) in [7, 11) is 0. The third-order valence-electron chi connectivity index (χ3n) is 5.63. The molecule has 0 unspecified atom stereocenters. The maximum Gasteiger partial charge on any atom is 0.228 e. The highest BCUT2D eigenvalue weighted by Gasteiger charge is 2.16. The van der Waals surface area contributed by atoms with E-state index in [1.807, 2.05) is 38.6 Å². The van der Waals surface area contributed by atoms with Gasteiger partial charge in [0, 0.05) is 28.7 Å². The Bertz CT molecular complexity index is 1390. The van der Waals surface area contributed by atoms with Crippen molar-refractivity contribution in [3.8, 4) is 11.5 Å². The fraction of sp³-hybridized carbons (Fsp3) is 0.321. The molecule has 9 heteroatoms. The molecule has 0 atom stereocenters. The van der Waals surface area contributed by atoms with Crippen LogP contribution in [0.15, 0.2) is 66.0 Å². The number of thioether (sulfide) groups is 1. The molecule has 1 N–H and O–H groups in total. The number of hydrogen-bond donors (Lipinski definition) is 1. The van der Waals surface area contributed by atoms with Gasteiger partial charge in [-0.15, -0.1) is 11.8 Å². The van der Waals surface area contributed by atoms with Crippen molar-refractivity contribution in [2.45, 2.75) is 50.5 Å². The number of carbonyl (C=O) groups is 1. The van der Waals surface area contributed by atoms with Gasteiger partial charge < -0.3 is 10.1 Å². The lowest BCUT2D eigenvalue weighted by atomic mass is 10.1. The molecule has 0 saturated carbocycles. The smallest absolute Gasteiger partial charge is 0.228 e. The summed E-state index contributed by atoms with van der Waals surface area (Å²) in [5, 5.41) is 7.93. The Morgan fingerprint density at radius 2 is 2.00 bits per heavy atom. The van der Waals surface area contributed by atoms with Crippen LogP contribution in [0, 0.1) is 5.82 Å². The van der Waals surface area contributed by atoms with Crippen LogP contribution in [0.4, 0.5) is 10.1 Å². The van der Waals surface area contributed by atoms with E-state index in [1.165, 1.54) is 23.3 Å². The van der Waals surface area contributed by atoms with Crippen LogP contribution in [-0.2, 0) is 16.8 Å². The molecule has 0 aliphatic rings. The molecule has 4 aromatic rings. The number of alkyl halides is 1. The number of carbonyl (C=O) groups excluding carboxylic acids is 1. The number of rotatable bonds is 10. The van der Waals surface area contributed by atoms with Gasteiger partial charge in [-0.2, -0.15) is 5.10 Å². The van der Waals surface area contributed by atoms with Gasteiger partial charge in [0.2, 0.25) is 5.91 Å². The Hall–Kier alpha value is -2.66. The molecule has 2 heterocycles. The molecule has 0 saturated heterocycles. The Morgan fingerprint density at radius 3 is 2.73 bits per heavy atom. The molecule has 0 aliphatic carbocycles. The maximum atomic E-state index is 14.9. The molecule has 2 aromatic carbocycles. The van der Waals surface area contributed by atoms with Crippen LogP contribution >= 0.6 is 34.4 Å². The maximum absolute atomic E-state index is 14.9. The van der Waals surface area contributed by atoms with Gasteiger partial charge in [-0.3, -0.25) is 14.5 Å². The third-order valence-corrected chi connectivity index (χ3v) is 7.47. The molecular weight excluding hydrogens is 602 g/mol. The van der Waals surface area contributed by atoms with Crippen molar-refractivity contribution >= 4 is 56.9 Å². The molecule has 0 radical (unpaired) electrons. The fourth-order valence-electron chi connectivity index (χ4n) is 3.66. The molecule has 0 bridgehead atoms. The highest BCUT2D eigenvalue weighted by Crippen LogP contribution is 2.33. The standard InChI is InChI=1S/C28H30FIN4O2S/c1-28(2,3)34-18-20(17-32-34)33-27(35)14-19-6-7-21(15-24(19)29)36-26-10-12-31-25-9-8-22(16-23(25)26)37-13-5-4-11-30/h6-10,12,15-18H,4-5,11,13-14H2,1-3H3,(H,33,35). The molecule has 194 valence electrons. The number of nitrogens with zero attached hydrogens (tertiary/aromatic N) is 3. The van der Waals surface area contributed by atoms with Crippen LogP contribution in [0.25, 0.3) is 10.9 Å². The van der Waals surface area contributed by atoms with Crippen LogP contribution in [-0.4, -0.2) is 30.9 Å². The van der Waals surface area contributed by atoms with Crippen molar-refractivity contribution in [2.24, 2.45) is 0 Å². The first kappa shape index (κ1) is 27.4. The molecule has 6 nitrogen and oxygen atoms in total. The van der Waals surface area contributed by atoms with Crippen LogP contribution in [0.3, 0.4) is 0 Å². The zero-order chi connectivity index (χ0) is 26.4. The van der Waals surface area contributed by atoms with Gasteiger partial charge in [-0.25, -0.2) is 4.39 Å². The average molecular weight is 633 g/mol. The number of unbranched alkanes of at least 4 members (excludes halogenated alkanes) is 1. The predicted molar refractivity (Wildman–Crippen MR) is 157 cm³/mol. The van der Waals surface area contributed by atoms with Gasteiger partial charge in [0.15, 0.2) is 0 Å². The van der Waals surface area contributed by atoms with E-state index in [1.54, 1.807) is 41.5 Å². The van der Waals surface area contributed by atoms with Gasteiger partial charge in [-0.1, -0.05) is 28.7 Å². The molecule has 0 spiro atoms. The number of fused-ring (bicyclic) bond motifs is 1. The van der Waals surface area contributed by atoms with E-state index >= 15 is 0 Å². The second-order valence-electron chi connectivity index (χ2n) is 9.66. The third kappa shape index (κ3) is 7.44. The molecule has 2 aromatic heterocycles. The van der Waals surface area contributed by atoms with Crippen molar-refractivity contribution in [1.29, 1.82) is 0 Å². The summed E-state index contributed by atoms with van der Waals surface area (Å²) in [6.45, 7) is 6.06. The first-order chi connectivity index (χ1) is 17.7. The Labute approximate surface area is 234 Å². The summed E-state index contributed by atoms with van der Waals surface area (Å²) in [6.07, 6.45) is 7.32. The van der Waals surface area contributed by atoms with E-state index in [4.69, 9.17) is 4.74 Å². The molecule has 0 aliphatic heterocycles. The monoisotopic (exact) mass is 632 g/mol. The SMILES string of the molecule is CC(C)(C)n1cc(NC(=O)Cc2ccc(Oc3ccnc4ccc(SCCCCI)cc34)cc2F)cn1. The van der Waals surface area contributed by atoms with Crippen LogP contribution in [0.2, 0.25) is 0 Å². The van der Waals surface area contributed by atoms with E-state index in [9.17, 15) is 9.18 Å². The summed E-state index contributed by atoms with van der Waals surface area (Å²) in [4.78, 5) is 18.1. The van der Waals surface area contributed by atoms with Crippen molar-refractivity contribution < 1.29 is 13.9 Å². The highest BCUT2D eigenvalue weighted by molar-refractivity contribution is 14.1. The normalized spacial score (nSPS) is 11.6. The largest absolute Gasteiger partial charge is 0.456 e. The second kappa shape index (κ2) is 12.3. The lowest BCUT2D eigenvalue weighted by Gasteiger charge is -2.18. The number of nitrogens with one attached hydrogen (secondary N) is 1. The minimum atomic E-state index is -0.497. The number of ether oxygens (including phenoxy) is 1. The molecule has 0 fully saturated rings. The number of halogens is 2. The fourth-order valence-corrected chi connectivity index (χ4v) is 5.15. The predicted octanol–water partition coefficient (Wildman–Crippen LogP) is 7.61. The van der Waals surface area contributed by atoms with Gasteiger partial charge in [0.05, 0.1) is 29.4 Å². The topological polar surface area (TPSA) is 69.0 Å². The first-order valence-corrected chi connectivity index (χ1v) is 14.6. The highest BCUT2D eigenvalue weighted by atomic mass is 127. The number of amides is 1. The Balaban J connectivity index is 1.43. The van der Waals surface area contributed by atoms with Crippen molar-refractivity contribution in [3.63, 3.8) is 0 Å². The quantitative estimate of drug-likeness (QED) is 0.0844. The Kier molecular flexibility index (Phi) is 9.07. The number of hydrogen-bond acceptors (Lipinski definition) is 5. The van der Waals surface area contributed by atoms with Gasteiger partial charge in [-0.05, 0) is 79.7 Å². The second-order valence-corrected chi connectivity index (χ2v) is 11.9. The molecule has 1 amide bonds. The lowest BCUT2D eigenvalue weighted by molar-refractivity contribution is -0.115. The van der Waals surface area contributed by atoms with Crippen LogP contribution in [0.1, 0.15) is 39.2 Å². The van der Waals surface area contributed by atoms with E-state index in [0.29, 0.717) is 17.2 Å². The summed E-state index contributed by atoms with van der Waals surface area (Å²) < 4.78 is 23.9. The molecule has 4 rings (SSSR count). The number of aromatic nitrogens is 3. The van der Waals surface area contributed by atoms with Crippen molar-refractivity contribution in [3.05, 3.63) is 72.4 Å². The zero-order valence-corrected chi connectivity index (χ0v) is 24.1. The van der Waals surface area contributed by atoms with E-state index in [-0.39, 0.29) is 23.4 Å². The van der Waals surface area contributed by atoms with E-state index in [2.05, 4.69) is 50.1 Å². The van der Waals surface area contributed by atoms with Crippen molar-refractivity contribution in [2.75, 3.05) is 15.5 Å². The molecular formula is C28H30FIN4O2S. The number of pyridine rings is 1.